The van der Waals surface area contributed by atoms with E-state index in [1.54, 1.807) is 48.1 Å². The quantitative estimate of drug-likeness (QED) is 0.184. The molecule has 2 aromatic carbocycles. The summed E-state index contributed by atoms with van der Waals surface area (Å²) in [7, 11) is -3.77. The number of anilines is 1. The van der Waals surface area contributed by atoms with E-state index in [1.165, 1.54) is 17.4 Å². The lowest BCUT2D eigenvalue weighted by Crippen LogP contribution is -2.38. The Bertz CT molecular complexity index is 1680. The molecule has 1 aliphatic heterocycles. The van der Waals surface area contributed by atoms with Crippen molar-refractivity contribution in [1.29, 1.82) is 0 Å². The van der Waals surface area contributed by atoms with E-state index in [0.717, 1.165) is 36.4 Å². The number of carbonyl (C=O) groups is 1. The first-order chi connectivity index (χ1) is 20.9. The number of carboxylic acid groups (broad SMARTS) is 1. The second-order valence-corrected chi connectivity index (χ2v) is 12.2. The van der Waals surface area contributed by atoms with Gasteiger partial charge in [0.25, 0.3) is 0 Å². The van der Waals surface area contributed by atoms with Crippen molar-refractivity contribution >= 4 is 44.9 Å². The first-order valence-corrected chi connectivity index (χ1v) is 15.7. The van der Waals surface area contributed by atoms with Crippen molar-refractivity contribution in [3.8, 4) is 22.2 Å². The van der Waals surface area contributed by atoms with Crippen molar-refractivity contribution in [3.05, 3.63) is 76.9 Å². The fourth-order valence-electron chi connectivity index (χ4n) is 3.94. The van der Waals surface area contributed by atoms with E-state index in [2.05, 4.69) is 30.3 Å². The number of nitrogens with one attached hydrogen (secondary N) is 3. The van der Waals surface area contributed by atoms with Crippen LogP contribution in [0.1, 0.15) is 18.4 Å². The minimum atomic E-state index is -5.08. The third-order valence-corrected chi connectivity index (χ3v) is 8.73. The second-order valence-electron chi connectivity index (χ2n) is 9.25. The predicted octanol–water partition coefficient (Wildman–Crippen LogP) is 5.32. The molecule has 0 radical (unpaired) electrons. The molecule has 1 atom stereocenters. The third kappa shape index (κ3) is 9.33. The molecule has 234 valence electrons. The van der Waals surface area contributed by atoms with Gasteiger partial charge in [0.15, 0.2) is 0 Å². The van der Waals surface area contributed by atoms with Crippen LogP contribution in [0.3, 0.4) is 0 Å². The maximum atomic E-state index is 12.7. The zero-order chi connectivity index (χ0) is 31.7. The number of hydrogen-bond acceptors (Lipinski definition) is 10. The molecule has 0 unspecified atom stereocenters. The van der Waals surface area contributed by atoms with E-state index in [-0.39, 0.29) is 16.5 Å². The number of carboxylic acids is 1. The minimum absolute atomic E-state index is 0.0367. The third-order valence-electron chi connectivity index (χ3n) is 6.00. The van der Waals surface area contributed by atoms with Crippen molar-refractivity contribution in [2.24, 2.45) is 0 Å². The van der Waals surface area contributed by atoms with Gasteiger partial charge in [-0.15, -0.1) is 11.3 Å². The van der Waals surface area contributed by atoms with Crippen LogP contribution in [0.25, 0.3) is 10.6 Å². The highest BCUT2D eigenvalue weighted by atomic mass is 35.5. The van der Waals surface area contributed by atoms with E-state index in [9.17, 15) is 21.6 Å². The first kappa shape index (κ1) is 33.1. The number of aliphatic carboxylic acids is 1. The van der Waals surface area contributed by atoms with E-state index in [1.807, 2.05) is 12.1 Å². The molecule has 4 N–H and O–H groups in total. The van der Waals surface area contributed by atoms with Gasteiger partial charge in [0, 0.05) is 25.3 Å². The molecule has 0 spiro atoms. The van der Waals surface area contributed by atoms with Crippen molar-refractivity contribution in [3.63, 3.8) is 0 Å². The molecule has 0 amide bonds. The number of ether oxygens (including phenoxy) is 1. The minimum Gasteiger partial charge on any atom is -0.475 e. The molecule has 0 bridgehead atoms. The molecule has 1 saturated heterocycles. The largest absolute Gasteiger partial charge is 0.490 e. The molecule has 44 heavy (non-hydrogen) atoms. The summed E-state index contributed by atoms with van der Waals surface area (Å²) >= 11 is 7.48. The van der Waals surface area contributed by atoms with Crippen LogP contribution in [0, 0.1) is 0 Å². The molecule has 1 fully saturated rings. The van der Waals surface area contributed by atoms with E-state index in [0.29, 0.717) is 29.3 Å². The molecular formula is C27H26ClF3N6O5S2. The average molecular weight is 671 g/mol. The van der Waals surface area contributed by atoms with Gasteiger partial charge >= 0.3 is 12.1 Å². The molecule has 3 heterocycles. The molecule has 2 aromatic heterocycles. The Labute approximate surface area is 259 Å². The highest BCUT2D eigenvalue weighted by Crippen LogP contribution is 2.35. The Morgan fingerprint density at radius 1 is 1.16 bits per heavy atom. The molecule has 4 aromatic rings. The Morgan fingerprint density at radius 2 is 1.93 bits per heavy atom. The number of piperidine rings is 1. The smallest absolute Gasteiger partial charge is 0.475 e. The lowest BCUT2D eigenvalue weighted by Gasteiger charge is -2.23. The topological polar surface area (TPSA) is 155 Å². The number of aromatic nitrogens is 3. The van der Waals surface area contributed by atoms with Crippen LogP contribution < -0.4 is 20.1 Å². The molecule has 0 aliphatic carbocycles. The number of nitrogens with zero attached hydrogens (tertiary/aromatic N) is 3. The van der Waals surface area contributed by atoms with Gasteiger partial charge in [-0.2, -0.15) is 13.2 Å². The normalized spacial score (nSPS) is 15.1. The number of thiazole rings is 1. The number of alkyl halides is 3. The summed E-state index contributed by atoms with van der Waals surface area (Å²) in [5, 5.41) is 14.1. The number of sulfonamides is 1. The zero-order valence-corrected chi connectivity index (χ0v) is 25.1. The lowest BCUT2D eigenvalue weighted by molar-refractivity contribution is -0.192. The summed E-state index contributed by atoms with van der Waals surface area (Å²) in [6, 6.07) is 15.6. The maximum Gasteiger partial charge on any atom is 0.490 e. The molecule has 17 heteroatoms. The van der Waals surface area contributed by atoms with Gasteiger partial charge in [-0.3, -0.25) is 0 Å². The van der Waals surface area contributed by atoms with Crippen LogP contribution in [-0.2, 0) is 21.4 Å². The van der Waals surface area contributed by atoms with Gasteiger partial charge in [0.1, 0.15) is 15.5 Å². The standard InChI is InChI=1S/C25H25ClN6O3S2.C2HF3O2/c26-20-8-1-2-9-22(20)37(33,34)30-14-17-5-3-7-19(13-17)35-24-23(36-16-29-24)21-10-12-28-25(32-21)31-18-6-4-11-27-15-18;3-2(4,5)1(6)7/h1-3,5,7-10,12-13,16,18,27,30H,4,6,11,14-15H2,(H,28,31,32);(H,6,7)/t18-;/m0./s1. The summed E-state index contributed by atoms with van der Waals surface area (Å²) in [5.74, 6) is -1.24. The number of rotatable bonds is 9. The van der Waals surface area contributed by atoms with Gasteiger partial charge in [0.2, 0.25) is 21.9 Å². The van der Waals surface area contributed by atoms with E-state index in [4.69, 9.17) is 26.2 Å². The Balaban J connectivity index is 0.000000566. The Kier molecular flexibility index (Phi) is 11.1. The summed E-state index contributed by atoms with van der Waals surface area (Å²) in [4.78, 5) is 23.1. The van der Waals surface area contributed by atoms with Crippen molar-refractivity contribution < 1.29 is 36.2 Å². The summed E-state index contributed by atoms with van der Waals surface area (Å²) < 4.78 is 65.7. The van der Waals surface area contributed by atoms with Crippen LogP contribution in [0.2, 0.25) is 5.02 Å². The first-order valence-electron chi connectivity index (χ1n) is 13.0. The highest BCUT2D eigenvalue weighted by Gasteiger charge is 2.38. The SMILES string of the molecule is O=C(O)C(F)(F)F.O=S(=O)(NCc1cccc(Oc2ncsc2-c2ccnc(N[C@H]3CCCNC3)n2)c1)c1ccccc1Cl. The number of benzene rings is 2. The van der Waals surface area contributed by atoms with Gasteiger partial charge in [0.05, 0.1) is 16.2 Å². The lowest BCUT2D eigenvalue weighted by atomic mass is 10.1. The molecule has 11 nitrogen and oxygen atoms in total. The van der Waals surface area contributed by atoms with Crippen LogP contribution in [0.5, 0.6) is 11.6 Å². The number of halogens is 4. The molecule has 0 saturated carbocycles. The van der Waals surface area contributed by atoms with Crippen LogP contribution in [-0.4, -0.2) is 59.8 Å². The van der Waals surface area contributed by atoms with Gasteiger partial charge < -0.3 is 20.5 Å². The highest BCUT2D eigenvalue weighted by molar-refractivity contribution is 7.89. The summed E-state index contributed by atoms with van der Waals surface area (Å²) in [6.45, 7) is 1.99. The average Bonchev–Trinajstić information content (AvgIpc) is 3.45. The zero-order valence-electron chi connectivity index (χ0n) is 22.7. The second kappa shape index (κ2) is 14.8. The summed E-state index contributed by atoms with van der Waals surface area (Å²) in [6.07, 6.45) is -1.18. The fraction of sp³-hybridized carbons (Fsp3) is 0.259. The number of hydrogen-bond donors (Lipinski definition) is 4. The van der Waals surface area contributed by atoms with Crippen molar-refractivity contribution in [1.82, 2.24) is 25.0 Å². The Hall–Kier alpha value is -3.83. The van der Waals surface area contributed by atoms with Gasteiger partial charge in [-0.05, 0) is 55.3 Å². The van der Waals surface area contributed by atoms with E-state index >= 15 is 0 Å². The molecule has 5 rings (SSSR count). The molecular weight excluding hydrogens is 645 g/mol. The van der Waals surface area contributed by atoms with Crippen LogP contribution in [0.15, 0.2) is 71.2 Å². The monoisotopic (exact) mass is 670 g/mol. The van der Waals surface area contributed by atoms with Crippen LogP contribution >= 0.6 is 22.9 Å². The predicted molar refractivity (Wildman–Crippen MR) is 158 cm³/mol. The Morgan fingerprint density at radius 3 is 2.64 bits per heavy atom. The van der Waals surface area contributed by atoms with E-state index < -0.39 is 22.2 Å². The van der Waals surface area contributed by atoms with Gasteiger partial charge in [-0.1, -0.05) is 35.9 Å². The van der Waals surface area contributed by atoms with Gasteiger partial charge in [-0.25, -0.2) is 32.9 Å². The fourth-order valence-corrected chi connectivity index (χ4v) is 6.16. The van der Waals surface area contributed by atoms with Crippen molar-refractivity contribution in [2.75, 3.05) is 18.4 Å². The maximum absolute atomic E-state index is 12.7. The summed E-state index contributed by atoms with van der Waals surface area (Å²) in [5.41, 5.74) is 3.13. The van der Waals surface area contributed by atoms with Crippen LogP contribution in [0.4, 0.5) is 19.1 Å². The van der Waals surface area contributed by atoms with Crippen molar-refractivity contribution in [2.45, 2.75) is 36.5 Å². The molecule has 1 aliphatic rings.